The summed E-state index contributed by atoms with van der Waals surface area (Å²) in [4.78, 5) is 4.38. The van der Waals surface area contributed by atoms with Gasteiger partial charge in [-0.2, -0.15) is 0 Å². The molecule has 0 saturated carbocycles. The molecule has 1 fully saturated rings. The summed E-state index contributed by atoms with van der Waals surface area (Å²) < 4.78 is 11.6. The lowest BCUT2D eigenvalue weighted by Gasteiger charge is -2.32. The second kappa shape index (κ2) is 10.9. The van der Waals surface area contributed by atoms with E-state index in [1.165, 1.54) is 16.7 Å². The van der Waals surface area contributed by atoms with Crippen LogP contribution in [-0.4, -0.2) is 39.8 Å². The SMILES string of the molecule is CN=C(NCCc1cc(C)ccc1OC)NCC1CCCOC1c1ccccc1. The van der Waals surface area contributed by atoms with Crippen molar-refractivity contribution in [3.05, 3.63) is 65.2 Å². The monoisotopic (exact) mass is 395 g/mol. The summed E-state index contributed by atoms with van der Waals surface area (Å²) in [6.07, 6.45) is 3.29. The Hall–Kier alpha value is -2.53. The molecule has 1 saturated heterocycles. The Morgan fingerprint density at radius 3 is 2.76 bits per heavy atom. The Bertz CT molecular complexity index is 792. The molecule has 0 aliphatic carbocycles. The quantitative estimate of drug-likeness (QED) is 0.552. The largest absolute Gasteiger partial charge is 0.496 e. The second-order valence-electron chi connectivity index (χ2n) is 7.55. The first-order chi connectivity index (χ1) is 14.2. The highest BCUT2D eigenvalue weighted by Gasteiger charge is 2.27. The molecule has 1 heterocycles. The minimum atomic E-state index is 0.145. The van der Waals surface area contributed by atoms with Crippen molar-refractivity contribution in [3.8, 4) is 5.75 Å². The lowest BCUT2D eigenvalue weighted by molar-refractivity contribution is -0.0265. The average Bonchev–Trinajstić information content (AvgIpc) is 2.77. The zero-order valence-corrected chi connectivity index (χ0v) is 17.8. The highest BCUT2D eigenvalue weighted by atomic mass is 16.5. The van der Waals surface area contributed by atoms with Crippen LogP contribution in [0.3, 0.4) is 0 Å². The van der Waals surface area contributed by atoms with E-state index in [0.717, 1.165) is 50.7 Å². The molecule has 2 unspecified atom stereocenters. The fourth-order valence-electron chi connectivity index (χ4n) is 3.93. The van der Waals surface area contributed by atoms with Crippen LogP contribution in [0.2, 0.25) is 0 Å². The smallest absolute Gasteiger partial charge is 0.190 e. The molecule has 2 N–H and O–H groups in total. The van der Waals surface area contributed by atoms with Crippen molar-refractivity contribution in [1.82, 2.24) is 10.6 Å². The number of hydrogen-bond donors (Lipinski definition) is 2. The van der Waals surface area contributed by atoms with Gasteiger partial charge in [-0.3, -0.25) is 4.99 Å². The zero-order valence-electron chi connectivity index (χ0n) is 17.8. The first kappa shape index (κ1) is 21.2. The van der Waals surface area contributed by atoms with Gasteiger partial charge in [-0.1, -0.05) is 48.0 Å². The van der Waals surface area contributed by atoms with Gasteiger partial charge in [0.25, 0.3) is 0 Å². The highest BCUT2D eigenvalue weighted by Crippen LogP contribution is 2.33. The van der Waals surface area contributed by atoms with Gasteiger partial charge in [0, 0.05) is 32.7 Å². The lowest BCUT2D eigenvalue weighted by atomic mass is 9.89. The van der Waals surface area contributed by atoms with Gasteiger partial charge in [-0.05, 0) is 43.4 Å². The number of nitrogens with one attached hydrogen (secondary N) is 2. The Kier molecular flexibility index (Phi) is 7.94. The maximum atomic E-state index is 6.10. The van der Waals surface area contributed by atoms with Gasteiger partial charge in [-0.15, -0.1) is 0 Å². The third-order valence-corrected chi connectivity index (χ3v) is 5.45. The molecule has 1 aliphatic rings. The van der Waals surface area contributed by atoms with Crippen molar-refractivity contribution < 1.29 is 9.47 Å². The van der Waals surface area contributed by atoms with E-state index in [1.54, 1.807) is 7.11 Å². The van der Waals surface area contributed by atoms with E-state index in [-0.39, 0.29) is 6.10 Å². The van der Waals surface area contributed by atoms with Crippen LogP contribution in [0.1, 0.15) is 35.6 Å². The number of hydrogen-bond acceptors (Lipinski definition) is 3. The summed E-state index contributed by atoms with van der Waals surface area (Å²) in [6.45, 7) is 4.57. The summed E-state index contributed by atoms with van der Waals surface area (Å²) in [5, 5.41) is 6.92. The van der Waals surface area contributed by atoms with Crippen LogP contribution >= 0.6 is 0 Å². The molecule has 0 bridgehead atoms. The van der Waals surface area contributed by atoms with E-state index in [9.17, 15) is 0 Å². The molecule has 156 valence electrons. The second-order valence-corrected chi connectivity index (χ2v) is 7.55. The van der Waals surface area contributed by atoms with E-state index >= 15 is 0 Å². The van der Waals surface area contributed by atoms with E-state index in [1.807, 2.05) is 13.1 Å². The molecule has 3 rings (SSSR count). The molecule has 29 heavy (non-hydrogen) atoms. The van der Waals surface area contributed by atoms with Gasteiger partial charge in [0.1, 0.15) is 5.75 Å². The standard InChI is InChI=1S/C24H33N3O2/c1-18-11-12-22(28-3)20(16-18)13-14-26-24(25-2)27-17-21-10-7-15-29-23(21)19-8-5-4-6-9-19/h4-6,8-9,11-12,16,21,23H,7,10,13-15,17H2,1-3H3,(H2,25,26,27). The van der Waals surface area contributed by atoms with Crippen molar-refractivity contribution in [1.29, 1.82) is 0 Å². The molecular weight excluding hydrogens is 362 g/mol. The fourth-order valence-corrected chi connectivity index (χ4v) is 3.93. The van der Waals surface area contributed by atoms with Crippen LogP contribution in [-0.2, 0) is 11.2 Å². The molecule has 2 atom stereocenters. The van der Waals surface area contributed by atoms with Crippen LogP contribution in [0.25, 0.3) is 0 Å². The van der Waals surface area contributed by atoms with Crippen LogP contribution in [0.5, 0.6) is 5.75 Å². The van der Waals surface area contributed by atoms with E-state index in [2.05, 4.69) is 65.0 Å². The summed E-state index contributed by atoms with van der Waals surface area (Å²) in [7, 11) is 3.53. The van der Waals surface area contributed by atoms with Gasteiger partial charge in [-0.25, -0.2) is 0 Å². The molecule has 2 aromatic carbocycles. The van der Waals surface area contributed by atoms with Crippen molar-refractivity contribution in [3.63, 3.8) is 0 Å². The lowest BCUT2D eigenvalue weighted by Crippen LogP contribution is -2.42. The topological polar surface area (TPSA) is 54.9 Å². The summed E-state index contributed by atoms with van der Waals surface area (Å²) in [6, 6.07) is 16.8. The molecule has 1 aliphatic heterocycles. The zero-order chi connectivity index (χ0) is 20.5. The van der Waals surface area contributed by atoms with Crippen molar-refractivity contribution in [2.24, 2.45) is 10.9 Å². The predicted molar refractivity (Wildman–Crippen MR) is 119 cm³/mol. The Morgan fingerprint density at radius 2 is 2.00 bits per heavy atom. The maximum absolute atomic E-state index is 6.10. The number of ether oxygens (including phenoxy) is 2. The van der Waals surface area contributed by atoms with Crippen molar-refractivity contribution in [2.75, 3.05) is 33.9 Å². The van der Waals surface area contributed by atoms with Gasteiger partial charge in [0.05, 0.1) is 13.2 Å². The molecule has 0 aromatic heterocycles. The number of nitrogens with zero attached hydrogens (tertiary/aromatic N) is 1. The van der Waals surface area contributed by atoms with Crippen LogP contribution in [0.4, 0.5) is 0 Å². The van der Waals surface area contributed by atoms with Gasteiger partial charge >= 0.3 is 0 Å². The third-order valence-electron chi connectivity index (χ3n) is 5.45. The molecule has 0 spiro atoms. The average molecular weight is 396 g/mol. The summed E-state index contributed by atoms with van der Waals surface area (Å²) in [5.74, 6) is 2.20. The van der Waals surface area contributed by atoms with Gasteiger partial charge < -0.3 is 20.1 Å². The molecule has 0 radical (unpaired) electrons. The number of rotatable bonds is 7. The van der Waals surface area contributed by atoms with Crippen LogP contribution in [0.15, 0.2) is 53.5 Å². The molecule has 5 heteroatoms. The van der Waals surface area contributed by atoms with E-state index < -0.39 is 0 Å². The number of benzene rings is 2. The van der Waals surface area contributed by atoms with Crippen LogP contribution in [0, 0.1) is 12.8 Å². The first-order valence-corrected chi connectivity index (χ1v) is 10.5. The van der Waals surface area contributed by atoms with Crippen molar-refractivity contribution >= 4 is 5.96 Å². The number of aliphatic imine (C=N–C) groups is 1. The first-order valence-electron chi connectivity index (χ1n) is 10.5. The summed E-state index contributed by atoms with van der Waals surface area (Å²) in [5.41, 5.74) is 3.71. The minimum Gasteiger partial charge on any atom is -0.496 e. The number of aryl methyl sites for hydroxylation is 1. The predicted octanol–water partition coefficient (Wildman–Crippen LogP) is 3.88. The highest BCUT2D eigenvalue weighted by molar-refractivity contribution is 5.79. The number of guanidine groups is 1. The number of methoxy groups -OCH3 is 1. The molecule has 0 amide bonds. The van der Waals surface area contributed by atoms with E-state index in [0.29, 0.717) is 5.92 Å². The Balaban J connectivity index is 1.52. The van der Waals surface area contributed by atoms with Crippen molar-refractivity contribution in [2.45, 2.75) is 32.3 Å². The van der Waals surface area contributed by atoms with Gasteiger partial charge in [0.2, 0.25) is 0 Å². The third kappa shape index (κ3) is 5.97. The summed E-state index contributed by atoms with van der Waals surface area (Å²) >= 11 is 0. The normalized spacial score (nSPS) is 19.6. The maximum Gasteiger partial charge on any atom is 0.190 e. The Morgan fingerprint density at radius 1 is 1.17 bits per heavy atom. The molecule has 5 nitrogen and oxygen atoms in total. The minimum absolute atomic E-state index is 0.145. The fraction of sp³-hybridized carbons (Fsp3) is 0.458. The molecule has 2 aromatic rings. The van der Waals surface area contributed by atoms with Gasteiger partial charge in [0.15, 0.2) is 5.96 Å². The van der Waals surface area contributed by atoms with E-state index in [4.69, 9.17) is 9.47 Å². The Labute approximate surface area is 174 Å². The molecular formula is C24H33N3O2. The van der Waals surface area contributed by atoms with Crippen LogP contribution < -0.4 is 15.4 Å².